The standard InChI is InChI=1S/C36H36N2O4S/c1-4-26(5-2)27-13-9-25(10-14-27)22-42-30-17-15-28(16-18-30)32-23-43-33(38-32)21-31(35(40)41)36(19-6-20-37-36)34(39)29-11-7-24(3)8-12-29/h6-20,23,26,31H,4-5,21-22H2,1-3H3,(H,40,41). The SMILES string of the molecule is CCC(CC)c1ccc(COc2ccc(-c3csc(CC(C(=O)O)C4(C(=O)c5ccc(C)cc5)C=CC=N4)n3)cc2)cc1. The molecule has 1 aromatic heterocycles. The molecule has 1 aliphatic heterocycles. The van der Waals surface area contributed by atoms with Gasteiger partial charge in [-0.05, 0) is 73.2 Å². The molecule has 2 unspecified atom stereocenters. The molecule has 1 aliphatic rings. The lowest BCUT2D eigenvalue weighted by atomic mass is 9.77. The fourth-order valence-corrected chi connectivity index (χ4v) is 6.36. The van der Waals surface area contributed by atoms with E-state index in [0.29, 0.717) is 23.1 Å². The Morgan fingerprint density at radius 3 is 2.26 bits per heavy atom. The Morgan fingerprint density at radius 1 is 0.953 bits per heavy atom. The first kappa shape index (κ1) is 30.1. The number of aliphatic imine (C=N–C) groups is 1. The summed E-state index contributed by atoms with van der Waals surface area (Å²) in [5, 5.41) is 12.8. The summed E-state index contributed by atoms with van der Waals surface area (Å²) in [6.45, 7) is 6.87. The number of aliphatic carboxylic acids is 1. The minimum Gasteiger partial charge on any atom is -0.489 e. The van der Waals surface area contributed by atoms with Crippen LogP contribution in [0, 0.1) is 12.8 Å². The molecule has 2 heterocycles. The normalized spacial score (nSPS) is 16.5. The topological polar surface area (TPSA) is 88.9 Å². The Morgan fingerprint density at radius 2 is 1.65 bits per heavy atom. The quantitative estimate of drug-likeness (QED) is 0.158. The molecule has 0 amide bonds. The summed E-state index contributed by atoms with van der Waals surface area (Å²) in [7, 11) is 0. The van der Waals surface area contributed by atoms with Crippen LogP contribution in [0.3, 0.4) is 0 Å². The Balaban J connectivity index is 1.26. The summed E-state index contributed by atoms with van der Waals surface area (Å²) in [5.41, 5.74) is 4.08. The molecule has 2 atom stereocenters. The van der Waals surface area contributed by atoms with Crippen molar-refractivity contribution in [2.75, 3.05) is 0 Å². The third-order valence-corrected chi connectivity index (χ3v) is 9.03. The van der Waals surface area contributed by atoms with Gasteiger partial charge in [0.05, 0.1) is 16.6 Å². The minimum atomic E-state index is -1.51. The van der Waals surface area contributed by atoms with Gasteiger partial charge in [-0.15, -0.1) is 11.3 Å². The van der Waals surface area contributed by atoms with Crippen molar-refractivity contribution in [1.82, 2.24) is 4.98 Å². The summed E-state index contributed by atoms with van der Waals surface area (Å²) < 4.78 is 6.02. The highest BCUT2D eigenvalue weighted by atomic mass is 32.1. The van der Waals surface area contributed by atoms with Crippen molar-refractivity contribution in [3.8, 4) is 17.0 Å². The first-order chi connectivity index (χ1) is 20.8. The molecule has 220 valence electrons. The highest BCUT2D eigenvalue weighted by molar-refractivity contribution is 7.10. The molecule has 6 nitrogen and oxygen atoms in total. The van der Waals surface area contributed by atoms with E-state index in [0.717, 1.165) is 41.0 Å². The van der Waals surface area contributed by atoms with E-state index >= 15 is 0 Å². The van der Waals surface area contributed by atoms with Gasteiger partial charge in [0.15, 0.2) is 11.3 Å². The summed E-state index contributed by atoms with van der Waals surface area (Å²) in [5.74, 6) is -1.17. The Bertz CT molecular complexity index is 1600. The smallest absolute Gasteiger partial charge is 0.310 e. The predicted octanol–water partition coefficient (Wildman–Crippen LogP) is 8.11. The molecule has 0 aliphatic carbocycles. The second kappa shape index (κ2) is 13.3. The summed E-state index contributed by atoms with van der Waals surface area (Å²) in [4.78, 5) is 35.3. The fraction of sp³-hybridized carbons (Fsp3) is 0.278. The summed E-state index contributed by atoms with van der Waals surface area (Å²) >= 11 is 1.38. The van der Waals surface area contributed by atoms with Crippen LogP contribution in [0.2, 0.25) is 0 Å². The molecule has 3 aromatic carbocycles. The number of carboxylic acids is 1. The van der Waals surface area contributed by atoms with Crippen LogP contribution in [0.25, 0.3) is 11.3 Å². The number of Topliss-reactive ketones (excluding diaryl/α,β-unsaturated/α-hetero) is 1. The fourth-order valence-electron chi connectivity index (χ4n) is 5.51. The zero-order valence-corrected chi connectivity index (χ0v) is 25.5. The number of hydrogen-bond donors (Lipinski definition) is 1. The number of carbonyl (C=O) groups excluding carboxylic acids is 1. The minimum absolute atomic E-state index is 0.0799. The van der Waals surface area contributed by atoms with E-state index in [4.69, 9.17) is 9.72 Å². The highest BCUT2D eigenvalue weighted by Gasteiger charge is 2.49. The van der Waals surface area contributed by atoms with Crippen molar-refractivity contribution >= 4 is 29.3 Å². The van der Waals surface area contributed by atoms with E-state index in [1.165, 1.54) is 23.1 Å². The first-order valence-electron chi connectivity index (χ1n) is 14.7. The molecule has 0 radical (unpaired) electrons. The average molecular weight is 593 g/mol. The maximum absolute atomic E-state index is 13.6. The van der Waals surface area contributed by atoms with E-state index in [-0.39, 0.29) is 12.2 Å². The molecular weight excluding hydrogens is 556 g/mol. The molecular formula is C36H36N2O4S. The number of carboxylic acid groups (broad SMARTS) is 1. The van der Waals surface area contributed by atoms with Crippen molar-refractivity contribution in [3.63, 3.8) is 0 Å². The van der Waals surface area contributed by atoms with Crippen molar-refractivity contribution in [2.45, 2.75) is 58.1 Å². The van der Waals surface area contributed by atoms with Gasteiger partial charge in [0, 0.05) is 29.1 Å². The van der Waals surface area contributed by atoms with Gasteiger partial charge < -0.3 is 9.84 Å². The predicted molar refractivity (Wildman–Crippen MR) is 172 cm³/mol. The number of thiazole rings is 1. The Labute approximate surface area is 256 Å². The number of aromatic nitrogens is 1. The molecule has 0 saturated heterocycles. The van der Waals surface area contributed by atoms with Gasteiger partial charge in [0.1, 0.15) is 12.4 Å². The number of rotatable bonds is 13. The lowest BCUT2D eigenvalue weighted by molar-refractivity contribution is -0.142. The van der Waals surface area contributed by atoms with E-state index < -0.39 is 17.4 Å². The summed E-state index contributed by atoms with van der Waals surface area (Å²) in [6, 6.07) is 23.5. The average Bonchev–Trinajstić information content (AvgIpc) is 3.71. The van der Waals surface area contributed by atoms with Gasteiger partial charge in [-0.3, -0.25) is 14.6 Å². The molecule has 0 saturated carbocycles. The second-order valence-electron chi connectivity index (χ2n) is 10.9. The van der Waals surface area contributed by atoms with E-state index in [9.17, 15) is 14.7 Å². The molecule has 1 N–H and O–H groups in total. The van der Waals surface area contributed by atoms with Gasteiger partial charge in [-0.25, -0.2) is 4.98 Å². The number of ketones is 1. The van der Waals surface area contributed by atoms with Crippen molar-refractivity contribution < 1.29 is 19.4 Å². The first-order valence-corrected chi connectivity index (χ1v) is 15.5. The van der Waals surface area contributed by atoms with E-state index in [1.807, 2.05) is 48.7 Å². The van der Waals surface area contributed by atoms with Gasteiger partial charge in [-0.1, -0.05) is 67.9 Å². The zero-order valence-electron chi connectivity index (χ0n) is 24.7. The number of nitrogens with zero attached hydrogens (tertiary/aromatic N) is 2. The number of benzene rings is 3. The van der Waals surface area contributed by atoms with Crippen LogP contribution in [-0.4, -0.2) is 33.6 Å². The molecule has 5 rings (SSSR count). The lowest BCUT2D eigenvalue weighted by Crippen LogP contribution is -2.46. The second-order valence-corrected chi connectivity index (χ2v) is 11.9. The third-order valence-electron chi connectivity index (χ3n) is 8.15. The molecule has 4 aromatic rings. The van der Waals surface area contributed by atoms with Gasteiger partial charge in [0.2, 0.25) is 0 Å². The molecule has 0 spiro atoms. The molecule has 0 fully saturated rings. The monoisotopic (exact) mass is 592 g/mol. The van der Waals surface area contributed by atoms with Gasteiger partial charge in [0.25, 0.3) is 0 Å². The van der Waals surface area contributed by atoms with Crippen LogP contribution in [0.15, 0.2) is 95.3 Å². The van der Waals surface area contributed by atoms with Crippen molar-refractivity contribution in [3.05, 3.63) is 118 Å². The number of carbonyl (C=O) groups is 2. The number of aryl methyl sites for hydroxylation is 1. The number of ether oxygens (including phenoxy) is 1. The Kier molecular flexibility index (Phi) is 9.31. The van der Waals surface area contributed by atoms with E-state index in [1.54, 1.807) is 24.3 Å². The van der Waals surface area contributed by atoms with Crippen molar-refractivity contribution in [1.29, 1.82) is 0 Å². The van der Waals surface area contributed by atoms with E-state index in [2.05, 4.69) is 43.1 Å². The molecule has 7 heteroatoms. The molecule has 43 heavy (non-hydrogen) atoms. The lowest BCUT2D eigenvalue weighted by Gasteiger charge is -2.29. The van der Waals surface area contributed by atoms with Crippen molar-refractivity contribution in [2.24, 2.45) is 10.9 Å². The van der Waals surface area contributed by atoms with Crippen LogP contribution >= 0.6 is 11.3 Å². The van der Waals surface area contributed by atoms with Gasteiger partial charge >= 0.3 is 5.97 Å². The maximum atomic E-state index is 13.6. The van der Waals surface area contributed by atoms with Crippen LogP contribution < -0.4 is 4.74 Å². The highest BCUT2D eigenvalue weighted by Crippen LogP contribution is 2.35. The van der Waals surface area contributed by atoms with Crippen LogP contribution in [0.1, 0.15) is 64.7 Å². The van der Waals surface area contributed by atoms with Crippen LogP contribution in [0.4, 0.5) is 0 Å². The van der Waals surface area contributed by atoms with Gasteiger partial charge in [-0.2, -0.15) is 0 Å². The summed E-state index contributed by atoms with van der Waals surface area (Å²) in [6.07, 6.45) is 7.10. The molecule has 0 bridgehead atoms. The van der Waals surface area contributed by atoms with Crippen LogP contribution in [-0.2, 0) is 17.8 Å². The number of hydrogen-bond acceptors (Lipinski definition) is 6. The number of allylic oxidation sites excluding steroid dienone is 1. The van der Waals surface area contributed by atoms with Crippen LogP contribution in [0.5, 0.6) is 5.75 Å². The third kappa shape index (κ3) is 6.67. The largest absolute Gasteiger partial charge is 0.489 e. The Hall–Kier alpha value is -4.36. The maximum Gasteiger partial charge on any atom is 0.310 e. The zero-order chi connectivity index (χ0) is 30.4.